The highest BCUT2D eigenvalue weighted by Gasteiger charge is 2.29. The highest BCUT2D eigenvalue weighted by Crippen LogP contribution is 2.30. The van der Waals surface area contributed by atoms with Gasteiger partial charge < -0.3 is 0 Å². The van der Waals surface area contributed by atoms with Crippen LogP contribution in [-0.4, -0.2) is 14.0 Å². The minimum atomic E-state index is -3.42. The molecule has 3 nitrogen and oxygen atoms in total. The number of rotatable bonds is 5. The van der Waals surface area contributed by atoms with Crippen LogP contribution >= 0.6 is 27.3 Å². The monoisotopic (exact) mass is 339 g/mol. The van der Waals surface area contributed by atoms with E-state index in [0.717, 1.165) is 21.5 Å². The van der Waals surface area contributed by atoms with Crippen molar-refractivity contribution in [3.8, 4) is 0 Å². The van der Waals surface area contributed by atoms with Crippen molar-refractivity contribution in [3.63, 3.8) is 0 Å². The molecule has 0 spiro atoms. The zero-order valence-electron chi connectivity index (χ0n) is 10.5. The number of nitrogens with one attached hydrogen (secondary N) is 1. The lowest BCUT2D eigenvalue weighted by molar-refractivity contribution is 0.388. The van der Waals surface area contributed by atoms with Gasteiger partial charge in [-0.05, 0) is 48.7 Å². The molecule has 0 saturated heterocycles. The Hall–Kier alpha value is 0.0900. The SMILES string of the molecule is CCC(C)(CC)NS(=O)(=O)c1cc(Br)sc1C. The fourth-order valence-corrected chi connectivity index (χ4v) is 5.44. The second-order valence-corrected chi connectivity index (χ2v) is 8.63. The van der Waals surface area contributed by atoms with E-state index in [2.05, 4.69) is 20.7 Å². The molecule has 0 fully saturated rings. The summed E-state index contributed by atoms with van der Waals surface area (Å²) in [6.07, 6.45) is 1.54. The van der Waals surface area contributed by atoms with Gasteiger partial charge in [0.25, 0.3) is 0 Å². The summed E-state index contributed by atoms with van der Waals surface area (Å²) in [5.41, 5.74) is -0.375. The van der Waals surface area contributed by atoms with Crippen LogP contribution in [0.15, 0.2) is 14.7 Å². The lowest BCUT2D eigenvalue weighted by Crippen LogP contribution is -2.44. The summed E-state index contributed by atoms with van der Waals surface area (Å²) in [7, 11) is -3.42. The van der Waals surface area contributed by atoms with Crippen LogP contribution in [0.1, 0.15) is 38.5 Å². The van der Waals surface area contributed by atoms with Crippen LogP contribution in [0.4, 0.5) is 0 Å². The lowest BCUT2D eigenvalue weighted by atomic mass is 9.98. The van der Waals surface area contributed by atoms with E-state index in [1.54, 1.807) is 6.07 Å². The largest absolute Gasteiger partial charge is 0.242 e. The Kier molecular flexibility index (Phi) is 4.80. The molecule has 6 heteroatoms. The summed E-state index contributed by atoms with van der Waals surface area (Å²) in [5.74, 6) is 0. The first-order valence-electron chi connectivity index (χ1n) is 5.54. The zero-order valence-corrected chi connectivity index (χ0v) is 13.7. The van der Waals surface area contributed by atoms with Gasteiger partial charge in [0.1, 0.15) is 0 Å². The smallest absolute Gasteiger partial charge is 0.207 e. The van der Waals surface area contributed by atoms with Crippen LogP contribution in [0.5, 0.6) is 0 Å². The molecule has 1 heterocycles. The third-order valence-electron chi connectivity index (χ3n) is 3.07. The van der Waals surface area contributed by atoms with E-state index in [4.69, 9.17) is 0 Å². The first kappa shape index (κ1) is 15.1. The van der Waals surface area contributed by atoms with Crippen LogP contribution in [0.25, 0.3) is 0 Å². The summed E-state index contributed by atoms with van der Waals surface area (Å²) in [5, 5.41) is 0. The van der Waals surface area contributed by atoms with E-state index < -0.39 is 10.0 Å². The topological polar surface area (TPSA) is 46.2 Å². The predicted molar refractivity (Wildman–Crippen MR) is 76.1 cm³/mol. The average Bonchev–Trinajstić information content (AvgIpc) is 2.58. The van der Waals surface area contributed by atoms with Gasteiger partial charge in [-0.2, -0.15) is 0 Å². The van der Waals surface area contributed by atoms with E-state index in [0.29, 0.717) is 4.90 Å². The van der Waals surface area contributed by atoms with Crippen LogP contribution < -0.4 is 4.72 Å². The van der Waals surface area contributed by atoms with Crippen molar-refractivity contribution < 1.29 is 8.42 Å². The van der Waals surface area contributed by atoms with Crippen LogP contribution in [0, 0.1) is 6.92 Å². The third-order valence-corrected chi connectivity index (χ3v) is 6.52. The van der Waals surface area contributed by atoms with Gasteiger partial charge in [0.15, 0.2) is 0 Å². The lowest BCUT2D eigenvalue weighted by Gasteiger charge is -2.27. The van der Waals surface area contributed by atoms with E-state index in [9.17, 15) is 8.42 Å². The van der Waals surface area contributed by atoms with E-state index in [-0.39, 0.29) is 5.54 Å². The first-order chi connectivity index (χ1) is 7.74. The normalized spacial score (nSPS) is 13.0. The van der Waals surface area contributed by atoms with Gasteiger partial charge in [0, 0.05) is 10.4 Å². The van der Waals surface area contributed by atoms with Gasteiger partial charge >= 0.3 is 0 Å². The number of aryl methyl sites for hydroxylation is 1. The molecule has 98 valence electrons. The summed E-state index contributed by atoms with van der Waals surface area (Å²) < 4.78 is 28.2. The van der Waals surface area contributed by atoms with Crippen molar-refractivity contribution in [3.05, 3.63) is 14.7 Å². The Morgan fingerprint density at radius 2 is 1.94 bits per heavy atom. The summed E-state index contributed by atoms with van der Waals surface area (Å²) in [6.45, 7) is 7.73. The van der Waals surface area contributed by atoms with Crippen LogP contribution in [0.2, 0.25) is 0 Å². The second kappa shape index (κ2) is 5.38. The molecule has 0 radical (unpaired) electrons. The minimum Gasteiger partial charge on any atom is -0.207 e. The minimum absolute atomic E-state index is 0.375. The van der Waals surface area contributed by atoms with E-state index in [1.807, 2.05) is 27.7 Å². The Balaban J connectivity index is 3.09. The first-order valence-corrected chi connectivity index (χ1v) is 8.63. The molecular weight excluding hydrogens is 322 g/mol. The van der Waals surface area contributed by atoms with E-state index in [1.165, 1.54) is 11.3 Å². The maximum Gasteiger partial charge on any atom is 0.242 e. The molecule has 0 amide bonds. The molecule has 1 aromatic rings. The van der Waals surface area contributed by atoms with Crippen molar-refractivity contribution in [1.29, 1.82) is 0 Å². The van der Waals surface area contributed by atoms with Gasteiger partial charge in [0.05, 0.1) is 8.68 Å². The molecule has 0 unspecified atom stereocenters. The summed E-state index contributed by atoms with van der Waals surface area (Å²) >= 11 is 4.75. The Bertz CT molecular complexity index is 490. The van der Waals surface area contributed by atoms with Crippen molar-refractivity contribution in [1.82, 2.24) is 4.72 Å². The maximum absolute atomic E-state index is 12.3. The van der Waals surface area contributed by atoms with Crippen molar-refractivity contribution >= 4 is 37.3 Å². The van der Waals surface area contributed by atoms with E-state index >= 15 is 0 Å². The van der Waals surface area contributed by atoms with Gasteiger partial charge in [-0.25, -0.2) is 13.1 Å². The molecule has 0 saturated carbocycles. The van der Waals surface area contributed by atoms with Crippen LogP contribution in [-0.2, 0) is 10.0 Å². The number of thiophene rings is 1. The Morgan fingerprint density at radius 1 is 1.41 bits per heavy atom. The Labute approximate surface area is 116 Å². The number of sulfonamides is 1. The van der Waals surface area contributed by atoms with Gasteiger partial charge in [-0.15, -0.1) is 11.3 Å². The van der Waals surface area contributed by atoms with Gasteiger partial charge in [-0.1, -0.05) is 13.8 Å². The summed E-state index contributed by atoms with van der Waals surface area (Å²) in [6, 6.07) is 1.66. The van der Waals surface area contributed by atoms with Crippen LogP contribution in [0.3, 0.4) is 0 Å². The standard InChI is InChI=1S/C11H18BrNO2S2/c1-5-11(4,6-2)13-17(14,15)9-7-10(12)16-8(9)3/h7,13H,5-6H2,1-4H3. The summed E-state index contributed by atoms with van der Waals surface area (Å²) in [4.78, 5) is 1.18. The van der Waals surface area contributed by atoms with Gasteiger partial charge in [-0.3, -0.25) is 0 Å². The maximum atomic E-state index is 12.3. The number of hydrogen-bond donors (Lipinski definition) is 1. The molecule has 0 aliphatic heterocycles. The molecular formula is C11H18BrNO2S2. The quantitative estimate of drug-likeness (QED) is 0.889. The molecule has 0 aromatic carbocycles. The Morgan fingerprint density at radius 3 is 2.29 bits per heavy atom. The number of halogens is 1. The molecule has 0 aliphatic rings. The molecule has 1 rings (SSSR count). The highest BCUT2D eigenvalue weighted by atomic mass is 79.9. The molecule has 0 aliphatic carbocycles. The molecule has 0 bridgehead atoms. The second-order valence-electron chi connectivity index (χ2n) is 4.34. The molecule has 1 aromatic heterocycles. The van der Waals surface area contributed by atoms with Gasteiger partial charge in [0.2, 0.25) is 10.0 Å². The fraction of sp³-hybridized carbons (Fsp3) is 0.636. The molecule has 1 N–H and O–H groups in total. The van der Waals surface area contributed by atoms with Crippen molar-refractivity contribution in [2.24, 2.45) is 0 Å². The zero-order chi connectivity index (χ0) is 13.3. The van der Waals surface area contributed by atoms with Crippen molar-refractivity contribution in [2.45, 2.75) is 51.0 Å². The molecule has 0 atom stereocenters. The average molecular weight is 340 g/mol. The fourth-order valence-electron chi connectivity index (χ4n) is 1.47. The third kappa shape index (κ3) is 3.53. The molecule has 17 heavy (non-hydrogen) atoms. The highest BCUT2D eigenvalue weighted by molar-refractivity contribution is 9.11. The predicted octanol–water partition coefficient (Wildman–Crippen LogP) is 3.68. The van der Waals surface area contributed by atoms with Crippen molar-refractivity contribution in [2.75, 3.05) is 0 Å². The number of hydrogen-bond acceptors (Lipinski definition) is 3.